The molecule has 0 radical (unpaired) electrons. The van der Waals surface area contributed by atoms with Gasteiger partial charge in [0.2, 0.25) is 0 Å². The van der Waals surface area contributed by atoms with Crippen LogP contribution in [0.1, 0.15) is 19.4 Å². The van der Waals surface area contributed by atoms with E-state index in [1.807, 2.05) is 32.0 Å². The summed E-state index contributed by atoms with van der Waals surface area (Å²) in [5, 5.41) is 0. The van der Waals surface area contributed by atoms with Crippen molar-refractivity contribution in [2.75, 3.05) is 0 Å². The molecule has 0 aliphatic heterocycles. The summed E-state index contributed by atoms with van der Waals surface area (Å²) >= 11 is 6.87. The molecular weight excluding hydrogens is 282 g/mol. The maximum Gasteiger partial charge on any atom is 0.0363 e. The fourth-order valence-electron chi connectivity index (χ4n) is 1.01. The first-order valence-electron chi connectivity index (χ1n) is 3.65. The van der Waals surface area contributed by atoms with Crippen LogP contribution >= 0.6 is 31.9 Å². The topological polar surface area (TPSA) is 26.0 Å². The third-order valence-corrected chi connectivity index (χ3v) is 2.77. The third kappa shape index (κ3) is 2.31. The maximum atomic E-state index is 5.96. The Morgan fingerprint density at radius 3 is 2.25 bits per heavy atom. The summed E-state index contributed by atoms with van der Waals surface area (Å²) in [6.07, 6.45) is 0. The molecule has 0 saturated carbocycles. The van der Waals surface area contributed by atoms with E-state index in [1.54, 1.807) is 0 Å². The molecule has 0 atom stereocenters. The molecule has 1 aromatic rings. The first-order chi connectivity index (χ1) is 5.41. The van der Waals surface area contributed by atoms with Crippen molar-refractivity contribution >= 4 is 31.9 Å². The molecule has 0 aliphatic rings. The second-order valence-corrected chi connectivity index (χ2v) is 5.12. The van der Waals surface area contributed by atoms with E-state index in [-0.39, 0.29) is 5.54 Å². The minimum absolute atomic E-state index is 0.292. The van der Waals surface area contributed by atoms with Gasteiger partial charge in [0.25, 0.3) is 0 Å². The van der Waals surface area contributed by atoms with Crippen LogP contribution in [0.3, 0.4) is 0 Å². The Morgan fingerprint density at radius 2 is 1.83 bits per heavy atom. The highest BCUT2D eigenvalue weighted by Gasteiger charge is 2.16. The lowest BCUT2D eigenvalue weighted by molar-refractivity contribution is 0.551. The molecule has 0 spiro atoms. The van der Waals surface area contributed by atoms with E-state index >= 15 is 0 Å². The van der Waals surface area contributed by atoms with Gasteiger partial charge in [0, 0.05) is 14.5 Å². The fourth-order valence-corrected chi connectivity index (χ4v) is 2.57. The predicted octanol–water partition coefficient (Wildman–Crippen LogP) is 3.41. The first-order valence-corrected chi connectivity index (χ1v) is 5.24. The Hall–Kier alpha value is 0.140. The first kappa shape index (κ1) is 10.2. The standard InChI is InChI=1S/C9H11Br2N/c1-9(2,12)7-4-3-6(10)5-8(7)11/h3-5H,12H2,1-2H3. The van der Waals surface area contributed by atoms with E-state index in [4.69, 9.17) is 5.73 Å². The van der Waals surface area contributed by atoms with Crippen molar-refractivity contribution in [3.8, 4) is 0 Å². The summed E-state index contributed by atoms with van der Waals surface area (Å²) in [7, 11) is 0. The summed E-state index contributed by atoms with van der Waals surface area (Å²) in [6, 6.07) is 6.02. The highest BCUT2D eigenvalue weighted by Crippen LogP contribution is 2.28. The quantitative estimate of drug-likeness (QED) is 0.843. The Labute approximate surface area is 89.6 Å². The van der Waals surface area contributed by atoms with Crippen molar-refractivity contribution < 1.29 is 0 Å². The molecule has 12 heavy (non-hydrogen) atoms. The Bertz CT molecular complexity index is 289. The van der Waals surface area contributed by atoms with E-state index in [2.05, 4.69) is 31.9 Å². The SMILES string of the molecule is CC(C)(N)c1ccc(Br)cc1Br. The van der Waals surface area contributed by atoms with Gasteiger partial charge in [0.15, 0.2) is 0 Å². The lowest BCUT2D eigenvalue weighted by Crippen LogP contribution is -2.28. The van der Waals surface area contributed by atoms with Gasteiger partial charge in [0.1, 0.15) is 0 Å². The molecule has 0 unspecified atom stereocenters. The largest absolute Gasteiger partial charge is 0.322 e. The van der Waals surface area contributed by atoms with Crippen LogP contribution in [0.15, 0.2) is 27.1 Å². The van der Waals surface area contributed by atoms with Crippen LogP contribution in [-0.4, -0.2) is 0 Å². The molecule has 0 heterocycles. The molecule has 0 saturated heterocycles. The number of rotatable bonds is 1. The molecule has 1 rings (SSSR count). The van der Waals surface area contributed by atoms with Gasteiger partial charge in [-0.05, 0) is 31.5 Å². The zero-order chi connectivity index (χ0) is 9.35. The minimum Gasteiger partial charge on any atom is -0.322 e. The second kappa shape index (κ2) is 3.48. The minimum atomic E-state index is -0.292. The molecule has 1 aromatic carbocycles. The Morgan fingerprint density at radius 1 is 1.25 bits per heavy atom. The summed E-state index contributed by atoms with van der Waals surface area (Å²) in [4.78, 5) is 0. The van der Waals surface area contributed by atoms with Gasteiger partial charge in [-0.15, -0.1) is 0 Å². The summed E-state index contributed by atoms with van der Waals surface area (Å²) < 4.78 is 2.10. The average molecular weight is 293 g/mol. The molecule has 0 fully saturated rings. The van der Waals surface area contributed by atoms with Crippen LogP contribution in [0.25, 0.3) is 0 Å². The van der Waals surface area contributed by atoms with Crippen molar-refractivity contribution in [2.24, 2.45) is 5.73 Å². The van der Waals surface area contributed by atoms with Crippen LogP contribution in [0.4, 0.5) is 0 Å². The van der Waals surface area contributed by atoms with E-state index in [0.717, 1.165) is 14.5 Å². The van der Waals surface area contributed by atoms with E-state index in [0.29, 0.717) is 0 Å². The summed E-state index contributed by atoms with van der Waals surface area (Å²) in [5.41, 5.74) is 6.79. The molecule has 2 N–H and O–H groups in total. The normalized spacial score (nSPS) is 11.8. The van der Waals surface area contributed by atoms with Crippen LogP contribution < -0.4 is 5.73 Å². The van der Waals surface area contributed by atoms with Gasteiger partial charge >= 0.3 is 0 Å². The van der Waals surface area contributed by atoms with Crippen molar-refractivity contribution in [2.45, 2.75) is 19.4 Å². The number of hydrogen-bond donors (Lipinski definition) is 1. The lowest BCUT2D eigenvalue weighted by Gasteiger charge is -2.20. The van der Waals surface area contributed by atoms with Crippen molar-refractivity contribution in [3.63, 3.8) is 0 Å². The highest BCUT2D eigenvalue weighted by molar-refractivity contribution is 9.11. The van der Waals surface area contributed by atoms with E-state index in [9.17, 15) is 0 Å². The van der Waals surface area contributed by atoms with Gasteiger partial charge in [0.05, 0.1) is 0 Å². The van der Waals surface area contributed by atoms with E-state index < -0.39 is 0 Å². The number of hydrogen-bond acceptors (Lipinski definition) is 1. The van der Waals surface area contributed by atoms with Crippen LogP contribution in [0.2, 0.25) is 0 Å². The highest BCUT2D eigenvalue weighted by atomic mass is 79.9. The smallest absolute Gasteiger partial charge is 0.0363 e. The van der Waals surface area contributed by atoms with Crippen LogP contribution in [0, 0.1) is 0 Å². The fraction of sp³-hybridized carbons (Fsp3) is 0.333. The molecule has 3 heteroatoms. The predicted molar refractivity (Wildman–Crippen MR) is 59.1 cm³/mol. The number of benzene rings is 1. The Kier molecular flexibility index (Phi) is 2.97. The van der Waals surface area contributed by atoms with Gasteiger partial charge in [-0.25, -0.2) is 0 Å². The van der Waals surface area contributed by atoms with Gasteiger partial charge in [-0.2, -0.15) is 0 Å². The monoisotopic (exact) mass is 291 g/mol. The maximum absolute atomic E-state index is 5.96. The van der Waals surface area contributed by atoms with Crippen molar-refractivity contribution in [1.29, 1.82) is 0 Å². The zero-order valence-electron chi connectivity index (χ0n) is 7.07. The van der Waals surface area contributed by atoms with E-state index in [1.165, 1.54) is 0 Å². The molecular formula is C9H11Br2N. The molecule has 0 amide bonds. The van der Waals surface area contributed by atoms with Gasteiger partial charge in [-0.3, -0.25) is 0 Å². The molecule has 0 aromatic heterocycles. The third-order valence-electron chi connectivity index (χ3n) is 1.63. The van der Waals surface area contributed by atoms with Crippen LogP contribution in [-0.2, 0) is 5.54 Å². The van der Waals surface area contributed by atoms with Crippen molar-refractivity contribution in [3.05, 3.63) is 32.7 Å². The zero-order valence-corrected chi connectivity index (χ0v) is 10.2. The Balaban J connectivity index is 3.19. The van der Waals surface area contributed by atoms with Gasteiger partial charge < -0.3 is 5.73 Å². The van der Waals surface area contributed by atoms with Crippen molar-refractivity contribution in [1.82, 2.24) is 0 Å². The average Bonchev–Trinajstić information content (AvgIpc) is 1.83. The molecule has 66 valence electrons. The number of nitrogens with two attached hydrogens (primary N) is 1. The summed E-state index contributed by atoms with van der Waals surface area (Å²) in [5.74, 6) is 0. The molecule has 0 bridgehead atoms. The lowest BCUT2D eigenvalue weighted by atomic mass is 9.96. The van der Waals surface area contributed by atoms with Gasteiger partial charge in [-0.1, -0.05) is 37.9 Å². The number of halogens is 2. The molecule has 0 aliphatic carbocycles. The molecule has 1 nitrogen and oxygen atoms in total. The second-order valence-electron chi connectivity index (χ2n) is 3.35. The summed E-state index contributed by atoms with van der Waals surface area (Å²) in [6.45, 7) is 3.97. The van der Waals surface area contributed by atoms with Crippen LogP contribution in [0.5, 0.6) is 0 Å².